The quantitative estimate of drug-likeness (QED) is 0.697. The van der Waals surface area contributed by atoms with Crippen molar-refractivity contribution in [2.75, 3.05) is 6.61 Å². The van der Waals surface area contributed by atoms with E-state index in [1.807, 2.05) is 0 Å². The van der Waals surface area contributed by atoms with Gasteiger partial charge >= 0.3 is 0 Å². The van der Waals surface area contributed by atoms with Crippen LogP contribution in [0.5, 0.6) is 0 Å². The number of rotatable bonds is 5. The molecular formula is C13H24O2. The van der Waals surface area contributed by atoms with Crippen LogP contribution < -0.4 is 0 Å². The number of hydrogen-bond donors (Lipinski definition) is 0. The summed E-state index contributed by atoms with van der Waals surface area (Å²) in [6, 6.07) is 0. The lowest BCUT2D eigenvalue weighted by Gasteiger charge is -2.27. The fraction of sp³-hybridized carbons (Fsp3) is 1.00. The Labute approximate surface area is 93.3 Å². The minimum absolute atomic E-state index is 0.376. The Morgan fingerprint density at radius 1 is 1.07 bits per heavy atom. The topological polar surface area (TPSA) is 18.5 Å². The lowest BCUT2D eigenvalue weighted by Crippen LogP contribution is -2.24. The molecule has 2 atom stereocenters. The zero-order valence-corrected chi connectivity index (χ0v) is 10.1. The van der Waals surface area contributed by atoms with Crippen LogP contribution in [0.2, 0.25) is 0 Å². The summed E-state index contributed by atoms with van der Waals surface area (Å²) in [6.07, 6.45) is 9.16. The molecule has 2 heteroatoms. The highest BCUT2D eigenvalue weighted by Crippen LogP contribution is 2.30. The normalized spacial score (nSPS) is 32.2. The van der Waals surface area contributed by atoms with E-state index in [-0.39, 0.29) is 0 Å². The van der Waals surface area contributed by atoms with Gasteiger partial charge in [-0.2, -0.15) is 0 Å². The zero-order valence-electron chi connectivity index (χ0n) is 10.1. The Hall–Kier alpha value is -0.0800. The first-order valence-electron chi connectivity index (χ1n) is 6.51. The van der Waals surface area contributed by atoms with Crippen molar-refractivity contribution >= 4 is 0 Å². The Kier molecular flexibility index (Phi) is 4.04. The van der Waals surface area contributed by atoms with E-state index >= 15 is 0 Å². The van der Waals surface area contributed by atoms with Crippen LogP contribution in [0.25, 0.3) is 0 Å². The van der Waals surface area contributed by atoms with Crippen LogP contribution in [-0.4, -0.2) is 24.9 Å². The van der Waals surface area contributed by atoms with Crippen molar-refractivity contribution in [3.63, 3.8) is 0 Å². The maximum atomic E-state index is 5.86. The van der Waals surface area contributed by atoms with Crippen LogP contribution in [0.15, 0.2) is 0 Å². The third kappa shape index (κ3) is 3.46. The summed E-state index contributed by atoms with van der Waals surface area (Å²) >= 11 is 0. The van der Waals surface area contributed by atoms with E-state index in [1.165, 1.54) is 38.5 Å². The van der Waals surface area contributed by atoms with E-state index in [2.05, 4.69) is 13.8 Å². The molecule has 2 aliphatic carbocycles. The zero-order chi connectivity index (χ0) is 10.7. The third-order valence-electron chi connectivity index (χ3n) is 3.58. The second-order valence-electron chi connectivity index (χ2n) is 5.37. The molecule has 2 saturated carbocycles. The monoisotopic (exact) mass is 212 g/mol. The van der Waals surface area contributed by atoms with Crippen LogP contribution >= 0.6 is 0 Å². The Bertz CT molecular complexity index is 187. The molecule has 2 fully saturated rings. The summed E-state index contributed by atoms with van der Waals surface area (Å²) in [5, 5.41) is 0. The van der Waals surface area contributed by atoms with E-state index in [4.69, 9.17) is 9.47 Å². The van der Waals surface area contributed by atoms with Crippen molar-refractivity contribution in [3.05, 3.63) is 0 Å². The molecule has 0 aromatic heterocycles. The van der Waals surface area contributed by atoms with Crippen molar-refractivity contribution in [1.29, 1.82) is 0 Å². The van der Waals surface area contributed by atoms with Gasteiger partial charge in [-0.25, -0.2) is 0 Å². The van der Waals surface area contributed by atoms with E-state index in [0.717, 1.165) is 12.5 Å². The van der Waals surface area contributed by atoms with Gasteiger partial charge in [0.15, 0.2) is 0 Å². The highest BCUT2D eigenvalue weighted by molar-refractivity contribution is 4.78. The molecule has 0 amide bonds. The third-order valence-corrected chi connectivity index (χ3v) is 3.58. The summed E-state index contributed by atoms with van der Waals surface area (Å²) in [5.74, 6) is 0.759. The molecule has 0 aromatic rings. The van der Waals surface area contributed by atoms with Gasteiger partial charge in [-0.15, -0.1) is 0 Å². The summed E-state index contributed by atoms with van der Waals surface area (Å²) < 4.78 is 11.7. The lowest BCUT2D eigenvalue weighted by atomic mass is 9.96. The average Bonchev–Trinajstić information content (AvgIpc) is 2.48. The molecule has 0 N–H and O–H groups in total. The van der Waals surface area contributed by atoms with E-state index in [1.54, 1.807) is 0 Å². The van der Waals surface area contributed by atoms with Gasteiger partial charge in [0.05, 0.1) is 18.3 Å². The van der Waals surface area contributed by atoms with Crippen molar-refractivity contribution < 1.29 is 9.47 Å². The second kappa shape index (κ2) is 5.31. The molecule has 0 bridgehead atoms. The van der Waals surface area contributed by atoms with Crippen LogP contribution in [-0.2, 0) is 9.47 Å². The molecule has 2 unspecified atom stereocenters. The minimum atomic E-state index is 0.376. The molecule has 0 aliphatic heterocycles. The molecule has 2 rings (SSSR count). The molecule has 2 nitrogen and oxygen atoms in total. The van der Waals surface area contributed by atoms with Crippen molar-refractivity contribution in [1.82, 2.24) is 0 Å². The first-order chi connectivity index (χ1) is 7.24. The predicted octanol–water partition coefficient (Wildman–Crippen LogP) is 3.15. The molecule has 0 radical (unpaired) electrons. The van der Waals surface area contributed by atoms with E-state index in [9.17, 15) is 0 Å². The minimum Gasteiger partial charge on any atom is -0.378 e. The fourth-order valence-corrected chi connectivity index (χ4v) is 2.50. The average molecular weight is 212 g/mol. The fourth-order valence-electron chi connectivity index (χ4n) is 2.50. The van der Waals surface area contributed by atoms with Gasteiger partial charge in [0.1, 0.15) is 0 Å². The van der Waals surface area contributed by atoms with Crippen molar-refractivity contribution in [2.45, 2.75) is 70.7 Å². The smallest absolute Gasteiger partial charge is 0.0582 e. The molecule has 88 valence electrons. The highest BCUT2D eigenvalue weighted by Gasteiger charge is 2.27. The number of hydrogen-bond acceptors (Lipinski definition) is 2. The maximum absolute atomic E-state index is 5.86. The number of ether oxygens (including phenoxy) is 2. The molecule has 0 aromatic carbocycles. The van der Waals surface area contributed by atoms with E-state index < -0.39 is 0 Å². The standard InChI is InChI=1S/C13H24O2/c1-10(2)15-13-7-6-11(8-13)9-14-12-4-3-5-12/h10-13H,3-9H2,1-2H3. The second-order valence-corrected chi connectivity index (χ2v) is 5.37. The van der Waals surface area contributed by atoms with Crippen molar-refractivity contribution in [2.24, 2.45) is 5.92 Å². The highest BCUT2D eigenvalue weighted by atomic mass is 16.5. The van der Waals surface area contributed by atoms with Gasteiger partial charge in [-0.05, 0) is 58.3 Å². The van der Waals surface area contributed by atoms with Gasteiger partial charge in [0, 0.05) is 6.61 Å². The summed E-state index contributed by atoms with van der Waals surface area (Å²) in [5.41, 5.74) is 0. The Morgan fingerprint density at radius 3 is 2.47 bits per heavy atom. The molecular weight excluding hydrogens is 188 g/mol. The SMILES string of the molecule is CC(C)OC1CCC(COC2CCC2)C1. The predicted molar refractivity (Wildman–Crippen MR) is 60.9 cm³/mol. The van der Waals surface area contributed by atoms with Crippen LogP contribution in [0.1, 0.15) is 52.4 Å². The van der Waals surface area contributed by atoms with Crippen molar-refractivity contribution in [3.8, 4) is 0 Å². The van der Waals surface area contributed by atoms with Crippen LogP contribution in [0, 0.1) is 5.92 Å². The van der Waals surface area contributed by atoms with E-state index in [0.29, 0.717) is 18.3 Å². The van der Waals surface area contributed by atoms with Gasteiger partial charge < -0.3 is 9.47 Å². The summed E-state index contributed by atoms with van der Waals surface area (Å²) in [6.45, 7) is 5.22. The molecule has 0 spiro atoms. The lowest BCUT2D eigenvalue weighted by molar-refractivity contribution is -0.0233. The summed E-state index contributed by atoms with van der Waals surface area (Å²) in [4.78, 5) is 0. The molecule has 0 heterocycles. The van der Waals surface area contributed by atoms with Gasteiger partial charge in [-0.1, -0.05) is 0 Å². The Morgan fingerprint density at radius 2 is 1.87 bits per heavy atom. The van der Waals surface area contributed by atoms with Gasteiger partial charge in [0.2, 0.25) is 0 Å². The summed E-state index contributed by atoms with van der Waals surface area (Å²) in [7, 11) is 0. The van der Waals surface area contributed by atoms with Crippen LogP contribution in [0.4, 0.5) is 0 Å². The van der Waals surface area contributed by atoms with Gasteiger partial charge in [0.25, 0.3) is 0 Å². The maximum Gasteiger partial charge on any atom is 0.0582 e. The molecule has 2 aliphatic rings. The molecule has 0 saturated heterocycles. The molecule has 15 heavy (non-hydrogen) atoms. The van der Waals surface area contributed by atoms with Gasteiger partial charge in [-0.3, -0.25) is 0 Å². The first kappa shape index (κ1) is 11.4. The Balaban J connectivity index is 1.59. The largest absolute Gasteiger partial charge is 0.378 e. The first-order valence-corrected chi connectivity index (χ1v) is 6.51. The van der Waals surface area contributed by atoms with Crippen LogP contribution in [0.3, 0.4) is 0 Å².